The van der Waals surface area contributed by atoms with Crippen LogP contribution in [0.2, 0.25) is 0 Å². The molecule has 0 spiro atoms. The lowest BCUT2D eigenvalue weighted by atomic mass is 10.0. The van der Waals surface area contributed by atoms with Crippen molar-refractivity contribution in [2.75, 3.05) is 39.3 Å². The van der Waals surface area contributed by atoms with Crippen molar-refractivity contribution in [3.05, 3.63) is 0 Å². The van der Waals surface area contributed by atoms with E-state index in [1.165, 1.54) is 6.42 Å². The summed E-state index contributed by atoms with van der Waals surface area (Å²) in [5.41, 5.74) is 0.0527. The molecule has 19 heavy (non-hydrogen) atoms. The molecule has 0 aromatic carbocycles. The first-order chi connectivity index (χ1) is 8.75. The van der Waals surface area contributed by atoms with Crippen LogP contribution in [0.25, 0.3) is 0 Å². The molecule has 1 amide bonds. The lowest BCUT2D eigenvalue weighted by Gasteiger charge is -2.39. The number of nitrogens with zero attached hydrogens (tertiary/aromatic N) is 2. The van der Waals surface area contributed by atoms with Crippen molar-refractivity contribution in [2.45, 2.75) is 38.6 Å². The van der Waals surface area contributed by atoms with Crippen LogP contribution in [-0.4, -0.2) is 61.0 Å². The van der Waals surface area contributed by atoms with E-state index in [9.17, 15) is 4.79 Å². The van der Waals surface area contributed by atoms with Gasteiger partial charge in [0.2, 0.25) is 5.91 Å². The molecule has 1 saturated carbocycles. The Morgan fingerprint density at radius 2 is 1.95 bits per heavy atom. The Kier molecular flexibility index (Phi) is 4.75. The third-order valence-corrected chi connectivity index (χ3v) is 5.14. The molecule has 1 unspecified atom stereocenters. The van der Waals surface area contributed by atoms with Gasteiger partial charge < -0.3 is 10.2 Å². The molecule has 3 fully saturated rings. The zero-order valence-corrected chi connectivity index (χ0v) is 12.7. The minimum absolute atomic E-state index is 0. The second kappa shape index (κ2) is 5.98. The normalized spacial score (nSPS) is 29.9. The van der Waals surface area contributed by atoms with Gasteiger partial charge in [0.15, 0.2) is 0 Å². The van der Waals surface area contributed by atoms with Gasteiger partial charge in [-0.2, -0.15) is 0 Å². The predicted octanol–water partition coefficient (Wildman–Crippen LogP) is 1.10. The molecule has 0 bridgehead atoms. The van der Waals surface area contributed by atoms with E-state index in [0.29, 0.717) is 11.9 Å². The van der Waals surface area contributed by atoms with Crippen molar-refractivity contribution in [3.63, 3.8) is 0 Å². The van der Waals surface area contributed by atoms with Gasteiger partial charge in [0, 0.05) is 44.2 Å². The highest BCUT2D eigenvalue weighted by molar-refractivity contribution is 5.85. The first kappa shape index (κ1) is 15.1. The lowest BCUT2D eigenvalue weighted by Crippen LogP contribution is -2.53. The maximum Gasteiger partial charge on any atom is 0.228 e. The number of hydrogen-bond donors (Lipinski definition) is 1. The topological polar surface area (TPSA) is 35.6 Å². The first-order valence-corrected chi connectivity index (χ1v) is 7.49. The molecule has 4 nitrogen and oxygen atoms in total. The Morgan fingerprint density at radius 3 is 2.42 bits per heavy atom. The van der Waals surface area contributed by atoms with Crippen LogP contribution in [0.15, 0.2) is 0 Å². The molecule has 0 aromatic rings. The molecular formula is C14H26ClN3O. The van der Waals surface area contributed by atoms with Crippen LogP contribution < -0.4 is 5.32 Å². The summed E-state index contributed by atoms with van der Waals surface area (Å²) in [6.07, 6.45) is 4.54. The Balaban J connectivity index is 0.00000133. The van der Waals surface area contributed by atoms with Crippen molar-refractivity contribution in [3.8, 4) is 0 Å². The summed E-state index contributed by atoms with van der Waals surface area (Å²) in [6, 6.07) is 0.711. The highest BCUT2D eigenvalue weighted by Crippen LogP contribution is 2.50. The largest absolute Gasteiger partial charge is 0.340 e. The Morgan fingerprint density at radius 1 is 1.26 bits per heavy atom. The second-order valence-electron chi connectivity index (χ2n) is 6.11. The number of halogens is 1. The SMILES string of the molecule is CCC1(C(=O)N2CCN(C3CCNC3)CC2)CC1.Cl. The number of hydrogen-bond acceptors (Lipinski definition) is 3. The zero-order valence-electron chi connectivity index (χ0n) is 11.9. The molecule has 1 atom stereocenters. The maximum absolute atomic E-state index is 12.4. The second-order valence-corrected chi connectivity index (χ2v) is 6.11. The van der Waals surface area contributed by atoms with Crippen LogP contribution >= 0.6 is 12.4 Å². The standard InChI is InChI=1S/C14H25N3O.ClH/c1-2-14(4-5-14)13(18)17-9-7-16(8-10-17)12-3-6-15-11-12;/h12,15H,2-11H2,1H3;1H. The molecule has 3 aliphatic rings. The van der Waals surface area contributed by atoms with Crippen molar-refractivity contribution in [1.29, 1.82) is 0 Å². The number of rotatable bonds is 3. The van der Waals surface area contributed by atoms with Crippen LogP contribution in [0.4, 0.5) is 0 Å². The molecule has 3 rings (SSSR count). The fourth-order valence-corrected chi connectivity index (χ4v) is 3.45. The first-order valence-electron chi connectivity index (χ1n) is 7.49. The fourth-order valence-electron chi connectivity index (χ4n) is 3.45. The fraction of sp³-hybridized carbons (Fsp3) is 0.929. The maximum atomic E-state index is 12.4. The molecule has 2 heterocycles. The molecule has 2 aliphatic heterocycles. The smallest absolute Gasteiger partial charge is 0.228 e. The van der Waals surface area contributed by atoms with Gasteiger partial charge in [-0.05, 0) is 32.2 Å². The highest BCUT2D eigenvalue weighted by Gasteiger charge is 2.50. The molecule has 1 N–H and O–H groups in total. The molecule has 0 aromatic heterocycles. The van der Waals surface area contributed by atoms with Gasteiger partial charge in [-0.1, -0.05) is 6.92 Å². The van der Waals surface area contributed by atoms with Crippen LogP contribution in [-0.2, 0) is 4.79 Å². The quantitative estimate of drug-likeness (QED) is 0.844. The van der Waals surface area contributed by atoms with Gasteiger partial charge in [0.1, 0.15) is 0 Å². The van der Waals surface area contributed by atoms with Gasteiger partial charge in [-0.3, -0.25) is 9.69 Å². The molecule has 1 aliphatic carbocycles. The van der Waals surface area contributed by atoms with E-state index in [1.54, 1.807) is 0 Å². The van der Waals surface area contributed by atoms with Crippen molar-refractivity contribution < 1.29 is 4.79 Å². The molecular weight excluding hydrogens is 262 g/mol. The van der Waals surface area contributed by atoms with Crippen LogP contribution in [0.3, 0.4) is 0 Å². The number of carbonyl (C=O) groups is 1. The predicted molar refractivity (Wildman–Crippen MR) is 78.6 cm³/mol. The third-order valence-electron chi connectivity index (χ3n) is 5.14. The number of amides is 1. The summed E-state index contributed by atoms with van der Waals surface area (Å²) in [4.78, 5) is 17.1. The molecule has 5 heteroatoms. The van der Waals surface area contributed by atoms with E-state index >= 15 is 0 Å². The summed E-state index contributed by atoms with van der Waals surface area (Å²) in [5, 5.41) is 3.42. The molecule has 110 valence electrons. The average molecular weight is 288 g/mol. The number of carbonyl (C=O) groups excluding carboxylic acids is 1. The summed E-state index contributed by atoms with van der Waals surface area (Å²) < 4.78 is 0. The van der Waals surface area contributed by atoms with Gasteiger partial charge in [-0.25, -0.2) is 0 Å². The monoisotopic (exact) mass is 287 g/mol. The van der Waals surface area contributed by atoms with Crippen LogP contribution in [0, 0.1) is 5.41 Å². The third kappa shape index (κ3) is 2.91. The lowest BCUT2D eigenvalue weighted by molar-refractivity contribution is -0.139. The summed E-state index contributed by atoms with van der Waals surface area (Å²) >= 11 is 0. The zero-order chi connectivity index (χ0) is 12.6. The number of piperazine rings is 1. The van der Waals surface area contributed by atoms with Gasteiger partial charge in [0.05, 0.1) is 0 Å². The van der Waals surface area contributed by atoms with E-state index in [0.717, 1.165) is 58.5 Å². The Bertz CT molecular complexity index is 319. The van der Waals surface area contributed by atoms with Crippen molar-refractivity contribution in [1.82, 2.24) is 15.1 Å². The van der Waals surface area contributed by atoms with Crippen LogP contribution in [0.5, 0.6) is 0 Å². The van der Waals surface area contributed by atoms with Crippen LogP contribution in [0.1, 0.15) is 32.6 Å². The average Bonchev–Trinajstić information content (AvgIpc) is 3.04. The van der Waals surface area contributed by atoms with Gasteiger partial charge in [0.25, 0.3) is 0 Å². The molecule has 0 radical (unpaired) electrons. The minimum atomic E-state index is 0. The van der Waals surface area contributed by atoms with Gasteiger partial charge >= 0.3 is 0 Å². The van der Waals surface area contributed by atoms with E-state index in [2.05, 4.69) is 22.0 Å². The highest BCUT2D eigenvalue weighted by atomic mass is 35.5. The van der Waals surface area contributed by atoms with Crippen molar-refractivity contribution in [2.24, 2.45) is 5.41 Å². The van der Waals surface area contributed by atoms with E-state index < -0.39 is 0 Å². The summed E-state index contributed by atoms with van der Waals surface area (Å²) in [5.74, 6) is 0.439. The Hall–Kier alpha value is -0.320. The van der Waals surface area contributed by atoms with E-state index in [1.807, 2.05) is 0 Å². The van der Waals surface area contributed by atoms with E-state index in [-0.39, 0.29) is 17.8 Å². The van der Waals surface area contributed by atoms with Crippen molar-refractivity contribution >= 4 is 18.3 Å². The number of nitrogens with one attached hydrogen (secondary N) is 1. The minimum Gasteiger partial charge on any atom is -0.340 e. The Labute approximate surface area is 122 Å². The summed E-state index contributed by atoms with van der Waals surface area (Å²) in [7, 11) is 0. The van der Waals surface area contributed by atoms with Gasteiger partial charge in [-0.15, -0.1) is 12.4 Å². The van der Waals surface area contributed by atoms with E-state index in [4.69, 9.17) is 0 Å². The molecule has 2 saturated heterocycles. The summed E-state index contributed by atoms with van der Waals surface area (Å²) in [6.45, 7) is 8.46.